The normalized spacial score (nSPS) is 21.5. The molecule has 0 radical (unpaired) electrons. The van der Waals surface area contributed by atoms with Gasteiger partial charge >= 0.3 is 0 Å². The Labute approximate surface area is 102 Å². The summed E-state index contributed by atoms with van der Waals surface area (Å²) in [6.45, 7) is 1.84. The number of anilines is 1. The van der Waals surface area contributed by atoms with Crippen molar-refractivity contribution >= 4 is 15.5 Å². The first-order valence-corrected chi connectivity index (χ1v) is 7.66. The second kappa shape index (κ2) is 4.66. The number of nitrogens with two attached hydrogens (primary N) is 1. The molecule has 2 N–H and O–H groups in total. The van der Waals surface area contributed by atoms with Gasteiger partial charge < -0.3 is 10.6 Å². The number of hydrogen-bond acceptors (Lipinski definition) is 4. The van der Waals surface area contributed by atoms with Crippen molar-refractivity contribution in [2.24, 2.45) is 5.73 Å². The van der Waals surface area contributed by atoms with Crippen molar-refractivity contribution in [1.29, 1.82) is 0 Å². The number of hydrogen-bond donors (Lipinski definition) is 1. The van der Waals surface area contributed by atoms with Crippen LogP contribution in [-0.4, -0.2) is 33.8 Å². The highest BCUT2D eigenvalue weighted by Crippen LogP contribution is 2.21. The fraction of sp³-hybridized carbons (Fsp3) is 0.500. The van der Waals surface area contributed by atoms with E-state index < -0.39 is 9.84 Å². The lowest BCUT2D eigenvalue weighted by molar-refractivity contribution is 0.506. The predicted octanol–water partition coefficient (Wildman–Crippen LogP) is 1.02. The van der Waals surface area contributed by atoms with Crippen LogP contribution in [0.15, 0.2) is 29.2 Å². The first-order chi connectivity index (χ1) is 7.97. The molecule has 0 spiro atoms. The second-order valence-electron chi connectivity index (χ2n) is 4.61. The molecule has 0 bridgehead atoms. The topological polar surface area (TPSA) is 63.4 Å². The van der Waals surface area contributed by atoms with Crippen molar-refractivity contribution in [3.63, 3.8) is 0 Å². The molecule has 5 heteroatoms. The maximum atomic E-state index is 11.3. The average Bonchev–Trinajstić information content (AvgIpc) is 2.28. The Bertz CT molecular complexity index is 482. The summed E-state index contributed by atoms with van der Waals surface area (Å²) < 4.78 is 22.7. The third kappa shape index (κ3) is 2.98. The van der Waals surface area contributed by atoms with E-state index in [0.29, 0.717) is 4.90 Å². The molecule has 0 aliphatic carbocycles. The first kappa shape index (κ1) is 12.4. The van der Waals surface area contributed by atoms with Gasteiger partial charge in [0.15, 0.2) is 9.84 Å². The fourth-order valence-corrected chi connectivity index (χ4v) is 2.78. The average molecular weight is 254 g/mol. The summed E-state index contributed by atoms with van der Waals surface area (Å²) in [6.07, 6.45) is 3.38. The summed E-state index contributed by atoms with van der Waals surface area (Å²) in [6, 6.07) is 7.25. The van der Waals surface area contributed by atoms with E-state index in [1.54, 1.807) is 12.1 Å². The number of rotatable bonds is 2. The Morgan fingerprint density at radius 3 is 2.47 bits per heavy atom. The van der Waals surface area contributed by atoms with E-state index in [0.717, 1.165) is 31.6 Å². The molecule has 2 rings (SSSR count). The Morgan fingerprint density at radius 2 is 1.94 bits per heavy atom. The van der Waals surface area contributed by atoms with E-state index in [2.05, 4.69) is 4.90 Å². The number of sulfone groups is 1. The zero-order chi connectivity index (χ0) is 12.5. The summed E-state index contributed by atoms with van der Waals surface area (Å²) >= 11 is 0. The van der Waals surface area contributed by atoms with Crippen LogP contribution in [0.4, 0.5) is 5.69 Å². The molecular formula is C12H18N2O2S. The monoisotopic (exact) mass is 254 g/mol. The minimum atomic E-state index is -3.10. The molecule has 1 atom stereocenters. The van der Waals surface area contributed by atoms with Crippen LogP contribution in [0, 0.1) is 0 Å². The molecule has 0 saturated carbocycles. The Balaban J connectivity index is 2.18. The van der Waals surface area contributed by atoms with Crippen molar-refractivity contribution in [2.75, 3.05) is 24.2 Å². The van der Waals surface area contributed by atoms with Crippen LogP contribution >= 0.6 is 0 Å². The predicted molar refractivity (Wildman–Crippen MR) is 69.0 cm³/mol. The van der Waals surface area contributed by atoms with Gasteiger partial charge in [-0.1, -0.05) is 0 Å². The molecule has 1 fully saturated rings. The summed E-state index contributed by atoms with van der Waals surface area (Å²) in [4.78, 5) is 2.57. The Kier molecular flexibility index (Phi) is 3.40. The molecule has 17 heavy (non-hydrogen) atoms. The third-order valence-electron chi connectivity index (χ3n) is 3.09. The zero-order valence-electron chi connectivity index (χ0n) is 9.96. The Hall–Kier alpha value is -1.07. The van der Waals surface area contributed by atoms with E-state index in [9.17, 15) is 8.42 Å². The largest absolute Gasteiger partial charge is 0.370 e. The van der Waals surface area contributed by atoms with Crippen LogP contribution in [0.5, 0.6) is 0 Å². The molecule has 1 aliphatic heterocycles. The van der Waals surface area contributed by atoms with E-state index >= 15 is 0 Å². The minimum absolute atomic E-state index is 0.221. The van der Waals surface area contributed by atoms with Crippen LogP contribution in [-0.2, 0) is 9.84 Å². The SMILES string of the molecule is CS(=O)(=O)c1ccc(N2CCCC(N)C2)cc1. The van der Waals surface area contributed by atoms with Crippen molar-refractivity contribution in [2.45, 2.75) is 23.8 Å². The van der Waals surface area contributed by atoms with Gasteiger partial charge in [-0.05, 0) is 37.1 Å². The molecule has 4 nitrogen and oxygen atoms in total. The molecule has 0 amide bonds. The summed E-state index contributed by atoms with van der Waals surface area (Å²) in [5, 5.41) is 0. The van der Waals surface area contributed by atoms with Crippen LogP contribution < -0.4 is 10.6 Å². The van der Waals surface area contributed by atoms with Gasteiger partial charge in [0.05, 0.1) is 4.90 Å². The smallest absolute Gasteiger partial charge is 0.175 e. The van der Waals surface area contributed by atoms with Gasteiger partial charge in [-0.3, -0.25) is 0 Å². The molecule has 94 valence electrons. The van der Waals surface area contributed by atoms with Gasteiger partial charge in [0.1, 0.15) is 0 Å². The summed E-state index contributed by atoms with van der Waals surface area (Å²) in [7, 11) is -3.10. The number of piperidine rings is 1. The van der Waals surface area contributed by atoms with Crippen LogP contribution in [0.3, 0.4) is 0 Å². The highest BCUT2D eigenvalue weighted by molar-refractivity contribution is 7.90. The maximum absolute atomic E-state index is 11.3. The molecule has 0 aromatic heterocycles. The molecule has 1 aromatic carbocycles. The van der Waals surface area contributed by atoms with Gasteiger partial charge in [-0.25, -0.2) is 8.42 Å². The standard InChI is InChI=1S/C12H18N2O2S/c1-17(15,16)12-6-4-11(5-7-12)14-8-2-3-10(13)9-14/h4-7,10H,2-3,8-9,13H2,1H3. The van der Waals surface area contributed by atoms with E-state index in [-0.39, 0.29) is 6.04 Å². The fourth-order valence-electron chi connectivity index (χ4n) is 2.15. The lowest BCUT2D eigenvalue weighted by Gasteiger charge is -2.32. The van der Waals surface area contributed by atoms with Crippen molar-refractivity contribution in [3.8, 4) is 0 Å². The first-order valence-electron chi connectivity index (χ1n) is 5.77. The zero-order valence-corrected chi connectivity index (χ0v) is 10.8. The van der Waals surface area contributed by atoms with Gasteiger partial charge in [0, 0.05) is 31.1 Å². The van der Waals surface area contributed by atoms with Crippen molar-refractivity contribution < 1.29 is 8.42 Å². The van der Waals surface area contributed by atoms with Crippen LogP contribution in [0.2, 0.25) is 0 Å². The van der Waals surface area contributed by atoms with Gasteiger partial charge in [-0.2, -0.15) is 0 Å². The van der Waals surface area contributed by atoms with Gasteiger partial charge in [0.2, 0.25) is 0 Å². The highest BCUT2D eigenvalue weighted by Gasteiger charge is 2.17. The van der Waals surface area contributed by atoms with E-state index in [1.165, 1.54) is 6.26 Å². The molecule has 1 aliphatic rings. The maximum Gasteiger partial charge on any atom is 0.175 e. The van der Waals surface area contributed by atoms with Crippen LogP contribution in [0.25, 0.3) is 0 Å². The lowest BCUT2D eigenvalue weighted by atomic mass is 10.1. The second-order valence-corrected chi connectivity index (χ2v) is 6.63. The lowest BCUT2D eigenvalue weighted by Crippen LogP contribution is -2.42. The Morgan fingerprint density at radius 1 is 1.29 bits per heavy atom. The van der Waals surface area contributed by atoms with Gasteiger partial charge in [-0.15, -0.1) is 0 Å². The molecule has 1 saturated heterocycles. The molecular weight excluding hydrogens is 236 g/mol. The van der Waals surface area contributed by atoms with E-state index in [4.69, 9.17) is 5.73 Å². The molecule has 1 unspecified atom stereocenters. The quantitative estimate of drug-likeness (QED) is 0.856. The summed E-state index contributed by atoms with van der Waals surface area (Å²) in [5.41, 5.74) is 6.97. The highest BCUT2D eigenvalue weighted by atomic mass is 32.2. The number of nitrogens with zero attached hydrogens (tertiary/aromatic N) is 1. The van der Waals surface area contributed by atoms with Crippen molar-refractivity contribution in [3.05, 3.63) is 24.3 Å². The molecule has 1 heterocycles. The molecule has 1 aromatic rings. The van der Waals surface area contributed by atoms with Gasteiger partial charge in [0.25, 0.3) is 0 Å². The number of benzene rings is 1. The third-order valence-corrected chi connectivity index (χ3v) is 4.22. The van der Waals surface area contributed by atoms with E-state index in [1.807, 2.05) is 12.1 Å². The van der Waals surface area contributed by atoms with Crippen LogP contribution in [0.1, 0.15) is 12.8 Å². The minimum Gasteiger partial charge on any atom is -0.370 e. The summed E-state index contributed by atoms with van der Waals surface area (Å²) in [5.74, 6) is 0. The van der Waals surface area contributed by atoms with Crippen molar-refractivity contribution in [1.82, 2.24) is 0 Å².